The lowest BCUT2D eigenvalue weighted by Gasteiger charge is -2.29. The van der Waals surface area contributed by atoms with E-state index in [4.69, 9.17) is 43.4 Å². The van der Waals surface area contributed by atoms with Crippen LogP contribution in [-0.4, -0.2) is 62.6 Å². The lowest BCUT2D eigenvalue weighted by atomic mass is 9.79. The van der Waals surface area contributed by atoms with E-state index in [9.17, 15) is 0 Å². The monoisotopic (exact) mass is 850 g/mol. The Hall–Kier alpha value is -4.14. The molecule has 8 heteroatoms. The minimum Gasteiger partial charge on any atom is -0.496 e. The van der Waals surface area contributed by atoms with E-state index in [1.807, 2.05) is 38.0 Å². The number of methoxy groups -OCH3 is 2. The molecule has 0 fully saturated rings. The Morgan fingerprint density at radius 3 is 0.717 bits per heavy atom. The third kappa shape index (κ3) is 10.5. The van der Waals surface area contributed by atoms with Gasteiger partial charge < -0.3 is 28.7 Å². The third-order valence-corrected chi connectivity index (χ3v) is 12.4. The van der Waals surface area contributed by atoms with Crippen LogP contribution < -0.4 is 18.9 Å². The number of hydrogen-bond acceptors (Lipinski definition) is 6. The molecule has 0 amide bonds. The van der Waals surface area contributed by atoms with Crippen LogP contribution in [0.3, 0.4) is 0 Å². The molecule has 0 N–H and O–H groups in total. The van der Waals surface area contributed by atoms with Gasteiger partial charge in [0.25, 0.3) is 10.3 Å². The van der Waals surface area contributed by atoms with E-state index in [1.54, 1.807) is 14.2 Å². The molecule has 0 unspecified atom stereocenters. The standard InChI is InChI=1S/C52H70N2O4S2/c1-49(2,3)39-23-31-19-35-27-41(51(7,8)9)29-37(45(35)57-47(59)53(13)14)21-33-25-40(50(4,5)6)26-34(44(33)56-18)22-38-30-42(52(10,11)12)28-36(20-32(24-39)43(31)55-17)46(38)58-48(60)54(15)16/h23-30H,19-22H2,1-18H3. The van der Waals surface area contributed by atoms with Crippen molar-refractivity contribution < 1.29 is 18.9 Å². The summed E-state index contributed by atoms with van der Waals surface area (Å²) in [5, 5.41) is 0.804. The Labute approximate surface area is 373 Å². The fourth-order valence-corrected chi connectivity index (χ4v) is 7.93. The average molecular weight is 851 g/mol. The summed E-state index contributed by atoms with van der Waals surface area (Å²) in [6.07, 6.45) is 2.25. The van der Waals surface area contributed by atoms with E-state index in [0.29, 0.717) is 36.0 Å². The highest BCUT2D eigenvalue weighted by molar-refractivity contribution is 7.80. The SMILES string of the molecule is COc1c2cc(C(C)(C)C)cc1Cc1cc(C(C)(C)C)cc(c1OC(=S)N(C)C)Cc1cc(C(C)(C)C)cc(c1OC)Cc1cc(C(C)(C)C)cc(c1OC(=S)N(C)C)C2. The van der Waals surface area contributed by atoms with Crippen molar-refractivity contribution in [3.8, 4) is 23.0 Å². The summed E-state index contributed by atoms with van der Waals surface area (Å²) in [6, 6.07) is 18.5. The number of thiocarbonyl (C=S) groups is 2. The Balaban J connectivity index is 2.03. The van der Waals surface area contributed by atoms with E-state index < -0.39 is 0 Å². The van der Waals surface area contributed by atoms with Crippen LogP contribution in [-0.2, 0) is 47.3 Å². The van der Waals surface area contributed by atoms with Gasteiger partial charge in [0.2, 0.25) is 0 Å². The van der Waals surface area contributed by atoms with Gasteiger partial charge in [0.15, 0.2) is 0 Å². The third-order valence-electron chi connectivity index (χ3n) is 11.5. The van der Waals surface area contributed by atoms with Crippen LogP contribution in [0.25, 0.3) is 0 Å². The Kier molecular flexibility index (Phi) is 13.5. The Morgan fingerprint density at radius 1 is 0.383 bits per heavy atom. The van der Waals surface area contributed by atoms with Crippen LogP contribution in [0.2, 0.25) is 0 Å². The number of nitrogens with zero attached hydrogens (tertiary/aromatic N) is 2. The maximum atomic E-state index is 6.83. The van der Waals surface area contributed by atoms with Crippen molar-refractivity contribution in [3.05, 3.63) is 115 Å². The fraction of sp³-hybridized carbons (Fsp3) is 0.500. The normalized spacial score (nSPS) is 13.4. The summed E-state index contributed by atoms with van der Waals surface area (Å²) in [5.74, 6) is 3.25. The molecule has 0 radical (unpaired) electrons. The topological polar surface area (TPSA) is 43.4 Å². The number of fused-ring (bicyclic) bond motifs is 8. The van der Waals surface area contributed by atoms with E-state index in [0.717, 1.165) is 67.5 Å². The van der Waals surface area contributed by atoms with Crippen LogP contribution in [0.4, 0.5) is 0 Å². The summed E-state index contributed by atoms with van der Waals surface area (Å²) in [6.45, 7) is 27.2. The zero-order valence-corrected chi connectivity index (χ0v) is 41.4. The zero-order chi connectivity index (χ0) is 44.9. The van der Waals surface area contributed by atoms with Crippen molar-refractivity contribution in [2.24, 2.45) is 0 Å². The second kappa shape index (κ2) is 17.3. The van der Waals surface area contributed by atoms with E-state index in [-0.39, 0.29) is 21.7 Å². The van der Waals surface area contributed by atoms with Crippen LogP contribution in [0.1, 0.15) is 150 Å². The molecular weight excluding hydrogens is 781 g/mol. The minimum atomic E-state index is -0.146. The van der Waals surface area contributed by atoms with Crippen molar-refractivity contribution in [3.63, 3.8) is 0 Å². The largest absolute Gasteiger partial charge is 0.496 e. The van der Waals surface area contributed by atoms with Crippen LogP contribution in [0.15, 0.2) is 48.5 Å². The van der Waals surface area contributed by atoms with Crippen LogP contribution in [0, 0.1) is 0 Å². The molecule has 1 aliphatic carbocycles. The van der Waals surface area contributed by atoms with E-state index in [2.05, 4.69) is 132 Å². The second-order valence-electron chi connectivity index (χ2n) is 21.1. The zero-order valence-electron chi connectivity index (χ0n) is 39.8. The molecule has 1 aliphatic rings. The van der Waals surface area contributed by atoms with Gasteiger partial charge in [0, 0.05) is 53.9 Å². The first-order chi connectivity index (χ1) is 27.6. The van der Waals surface area contributed by atoms with Crippen LogP contribution in [0.5, 0.6) is 23.0 Å². The predicted octanol–water partition coefficient (Wildman–Crippen LogP) is 12.0. The lowest BCUT2D eigenvalue weighted by Crippen LogP contribution is -2.26. The molecule has 0 aromatic heterocycles. The predicted molar refractivity (Wildman–Crippen MR) is 259 cm³/mol. The molecule has 0 saturated carbocycles. The molecule has 0 spiro atoms. The molecule has 0 aliphatic heterocycles. The second-order valence-corrected chi connectivity index (χ2v) is 21.8. The summed E-state index contributed by atoms with van der Waals surface area (Å²) in [4.78, 5) is 3.71. The lowest BCUT2D eigenvalue weighted by molar-refractivity contribution is 0.403. The van der Waals surface area contributed by atoms with Gasteiger partial charge in [-0.2, -0.15) is 0 Å². The van der Waals surface area contributed by atoms with Gasteiger partial charge in [0.1, 0.15) is 23.0 Å². The first-order valence-corrected chi connectivity index (χ1v) is 21.9. The summed E-state index contributed by atoms with van der Waals surface area (Å²) >= 11 is 11.8. The van der Waals surface area contributed by atoms with E-state index >= 15 is 0 Å². The quantitative estimate of drug-likeness (QED) is 0.166. The number of hydrogen-bond donors (Lipinski definition) is 0. The van der Waals surface area contributed by atoms with Gasteiger partial charge in [-0.05, 0) is 113 Å². The number of rotatable bonds is 4. The molecule has 5 rings (SSSR count). The highest BCUT2D eigenvalue weighted by Crippen LogP contribution is 2.44. The Morgan fingerprint density at radius 2 is 0.567 bits per heavy atom. The van der Waals surface area contributed by atoms with Crippen molar-refractivity contribution >= 4 is 34.8 Å². The van der Waals surface area contributed by atoms with E-state index in [1.165, 1.54) is 22.3 Å². The average Bonchev–Trinajstić information content (AvgIpc) is 3.11. The van der Waals surface area contributed by atoms with Gasteiger partial charge in [-0.3, -0.25) is 0 Å². The smallest absolute Gasteiger partial charge is 0.264 e. The number of benzene rings is 4. The molecule has 6 nitrogen and oxygen atoms in total. The first kappa shape index (κ1) is 46.9. The van der Waals surface area contributed by atoms with Gasteiger partial charge in [0.05, 0.1) is 14.2 Å². The molecule has 0 heterocycles. The summed E-state index contributed by atoms with van der Waals surface area (Å²) in [5.41, 5.74) is 12.8. The maximum absolute atomic E-state index is 6.83. The van der Waals surface area contributed by atoms with Crippen molar-refractivity contribution in [2.75, 3.05) is 42.4 Å². The fourth-order valence-electron chi connectivity index (χ4n) is 7.76. The molecule has 324 valence electrons. The maximum Gasteiger partial charge on any atom is 0.264 e. The molecule has 4 aromatic rings. The molecule has 8 bridgehead atoms. The van der Waals surface area contributed by atoms with Gasteiger partial charge in [-0.25, -0.2) is 0 Å². The highest BCUT2D eigenvalue weighted by atomic mass is 32.1. The van der Waals surface area contributed by atoms with Gasteiger partial charge in [-0.1, -0.05) is 132 Å². The molecule has 0 atom stereocenters. The molecule has 4 aromatic carbocycles. The van der Waals surface area contributed by atoms with Crippen molar-refractivity contribution in [1.82, 2.24) is 9.80 Å². The summed E-state index contributed by atoms with van der Waals surface area (Å²) in [7, 11) is 11.3. The highest BCUT2D eigenvalue weighted by Gasteiger charge is 2.30. The van der Waals surface area contributed by atoms with Gasteiger partial charge in [-0.15, -0.1) is 0 Å². The minimum absolute atomic E-state index is 0.144. The first-order valence-electron chi connectivity index (χ1n) is 21.1. The number of ether oxygens (including phenoxy) is 4. The molecule has 0 saturated heterocycles. The molecular formula is C52H70N2O4S2. The molecule has 60 heavy (non-hydrogen) atoms. The van der Waals surface area contributed by atoms with Gasteiger partial charge >= 0.3 is 0 Å². The summed E-state index contributed by atoms with van der Waals surface area (Å²) < 4.78 is 26.6. The van der Waals surface area contributed by atoms with Crippen molar-refractivity contribution in [2.45, 2.75) is 130 Å². The Bertz CT molecular complexity index is 2020. The van der Waals surface area contributed by atoms with Crippen molar-refractivity contribution in [1.29, 1.82) is 0 Å². The van der Waals surface area contributed by atoms with Crippen LogP contribution >= 0.6 is 24.4 Å².